The van der Waals surface area contributed by atoms with Gasteiger partial charge < -0.3 is 15.3 Å². The number of aliphatic hydroxyl groups excluding tert-OH is 1. The van der Waals surface area contributed by atoms with Crippen molar-refractivity contribution in [2.45, 2.75) is 39.8 Å². The first-order valence-electron chi connectivity index (χ1n) is 7.90. The molecule has 1 saturated heterocycles. The molecule has 2 rings (SSSR count). The molecule has 1 aliphatic heterocycles. The Morgan fingerprint density at radius 2 is 2.19 bits per heavy atom. The van der Waals surface area contributed by atoms with Crippen molar-refractivity contribution in [3.05, 3.63) is 28.8 Å². The van der Waals surface area contributed by atoms with Gasteiger partial charge >= 0.3 is 0 Å². The van der Waals surface area contributed by atoms with Crippen LogP contribution in [0, 0.1) is 11.8 Å². The molecule has 1 aromatic rings. The Hall–Kier alpha value is -0.770. The second kappa shape index (κ2) is 7.48. The summed E-state index contributed by atoms with van der Waals surface area (Å²) >= 11 is 6.42. The maximum atomic E-state index is 9.69. The quantitative estimate of drug-likeness (QED) is 0.846. The molecule has 4 heteroatoms. The van der Waals surface area contributed by atoms with Crippen LogP contribution in [-0.2, 0) is 6.54 Å². The molecule has 2 N–H and O–H groups in total. The van der Waals surface area contributed by atoms with Gasteiger partial charge in [-0.2, -0.15) is 0 Å². The number of nitrogens with one attached hydrogen (secondary N) is 1. The van der Waals surface area contributed by atoms with Crippen molar-refractivity contribution in [2.75, 3.05) is 24.6 Å². The fourth-order valence-corrected chi connectivity index (χ4v) is 3.30. The van der Waals surface area contributed by atoms with Crippen molar-refractivity contribution in [3.8, 4) is 0 Å². The second-order valence-corrected chi connectivity index (χ2v) is 6.88. The summed E-state index contributed by atoms with van der Waals surface area (Å²) in [6.07, 6.45) is 1.12. The molecule has 0 spiro atoms. The Labute approximate surface area is 133 Å². The summed E-state index contributed by atoms with van der Waals surface area (Å²) in [7, 11) is 0. The lowest BCUT2D eigenvalue weighted by molar-refractivity contribution is 0.244. The van der Waals surface area contributed by atoms with Gasteiger partial charge in [-0.3, -0.25) is 0 Å². The summed E-state index contributed by atoms with van der Waals surface area (Å²) in [5.74, 6) is 1.14. The van der Waals surface area contributed by atoms with Gasteiger partial charge in [0, 0.05) is 29.4 Å². The van der Waals surface area contributed by atoms with Gasteiger partial charge in [0.25, 0.3) is 0 Å². The smallest absolute Gasteiger partial charge is 0.0637 e. The molecule has 118 valence electrons. The van der Waals surface area contributed by atoms with Crippen LogP contribution in [0.2, 0.25) is 5.02 Å². The largest absolute Gasteiger partial charge is 0.394 e. The minimum absolute atomic E-state index is 0.201. The zero-order chi connectivity index (χ0) is 15.4. The third-order valence-corrected chi connectivity index (χ3v) is 4.68. The summed E-state index contributed by atoms with van der Waals surface area (Å²) in [4.78, 5) is 2.32. The number of hydrogen-bond donors (Lipinski definition) is 2. The molecule has 1 aliphatic rings. The number of aliphatic hydroxyl groups is 1. The zero-order valence-corrected chi connectivity index (χ0v) is 14.0. The number of hydrogen-bond acceptors (Lipinski definition) is 3. The van der Waals surface area contributed by atoms with Crippen LogP contribution in [0.1, 0.15) is 32.8 Å². The van der Waals surface area contributed by atoms with Crippen LogP contribution >= 0.6 is 11.6 Å². The van der Waals surface area contributed by atoms with Gasteiger partial charge in [-0.1, -0.05) is 38.4 Å². The van der Waals surface area contributed by atoms with Crippen molar-refractivity contribution >= 4 is 17.3 Å². The summed E-state index contributed by atoms with van der Waals surface area (Å²) < 4.78 is 0. The van der Waals surface area contributed by atoms with Gasteiger partial charge in [0.15, 0.2) is 0 Å². The van der Waals surface area contributed by atoms with Crippen LogP contribution in [0.4, 0.5) is 5.69 Å². The molecule has 2 atom stereocenters. The topological polar surface area (TPSA) is 35.5 Å². The highest BCUT2D eigenvalue weighted by Crippen LogP contribution is 2.34. The first kappa shape index (κ1) is 16.6. The minimum Gasteiger partial charge on any atom is -0.394 e. The molecule has 21 heavy (non-hydrogen) atoms. The maximum Gasteiger partial charge on any atom is 0.0637 e. The number of benzene rings is 1. The van der Waals surface area contributed by atoms with E-state index in [1.165, 1.54) is 5.69 Å². The van der Waals surface area contributed by atoms with E-state index in [4.69, 9.17) is 11.6 Å². The van der Waals surface area contributed by atoms with Crippen molar-refractivity contribution in [1.82, 2.24) is 5.32 Å². The lowest BCUT2D eigenvalue weighted by Gasteiger charge is -2.30. The van der Waals surface area contributed by atoms with Gasteiger partial charge in [-0.05, 0) is 36.9 Å². The lowest BCUT2D eigenvalue weighted by Crippen LogP contribution is -2.36. The molecule has 1 heterocycles. The Morgan fingerprint density at radius 3 is 2.86 bits per heavy atom. The van der Waals surface area contributed by atoms with E-state index in [1.54, 1.807) is 0 Å². The molecule has 0 aromatic heterocycles. The van der Waals surface area contributed by atoms with Crippen molar-refractivity contribution in [3.63, 3.8) is 0 Å². The SMILES string of the molecule is CC(C)CNCc1c(Cl)cccc1N1CCC(C)C1CO. The first-order valence-corrected chi connectivity index (χ1v) is 8.28. The molecular weight excluding hydrogens is 284 g/mol. The Kier molecular flexibility index (Phi) is 5.91. The van der Waals surface area contributed by atoms with E-state index in [1.807, 2.05) is 12.1 Å². The van der Waals surface area contributed by atoms with Gasteiger partial charge in [-0.15, -0.1) is 0 Å². The fraction of sp³-hybridized carbons (Fsp3) is 0.647. The van der Waals surface area contributed by atoms with Gasteiger partial charge in [0.05, 0.1) is 12.6 Å². The van der Waals surface area contributed by atoms with E-state index >= 15 is 0 Å². The van der Waals surface area contributed by atoms with E-state index in [9.17, 15) is 5.11 Å². The fourth-order valence-electron chi connectivity index (χ4n) is 3.06. The number of halogens is 1. The third-order valence-electron chi connectivity index (χ3n) is 4.33. The first-order chi connectivity index (χ1) is 10.0. The van der Waals surface area contributed by atoms with E-state index in [0.29, 0.717) is 11.8 Å². The number of nitrogens with zero attached hydrogens (tertiary/aromatic N) is 1. The molecule has 3 nitrogen and oxygen atoms in total. The molecule has 0 saturated carbocycles. The molecule has 0 bridgehead atoms. The Balaban J connectivity index is 2.20. The lowest BCUT2D eigenvalue weighted by atomic mass is 10.0. The van der Waals surface area contributed by atoms with Crippen LogP contribution in [0.3, 0.4) is 0 Å². The Bertz CT molecular complexity index is 464. The normalized spacial score (nSPS) is 22.3. The van der Waals surface area contributed by atoms with Crippen molar-refractivity contribution in [2.24, 2.45) is 11.8 Å². The Morgan fingerprint density at radius 1 is 1.43 bits per heavy atom. The van der Waals surface area contributed by atoms with Crippen molar-refractivity contribution < 1.29 is 5.11 Å². The average molecular weight is 311 g/mol. The standard InChI is InChI=1S/C17H27ClN2O/c1-12(2)9-19-10-14-15(18)5-4-6-16(14)20-8-7-13(3)17(20)11-21/h4-6,12-13,17,19,21H,7-11H2,1-3H3. The monoisotopic (exact) mass is 310 g/mol. The van der Waals surface area contributed by atoms with Gasteiger partial charge in [-0.25, -0.2) is 0 Å². The molecular formula is C17H27ClN2O. The highest BCUT2D eigenvalue weighted by molar-refractivity contribution is 6.31. The van der Waals surface area contributed by atoms with Crippen LogP contribution in [0.5, 0.6) is 0 Å². The molecule has 2 unspecified atom stereocenters. The average Bonchev–Trinajstić information content (AvgIpc) is 2.81. The molecule has 0 aliphatic carbocycles. The predicted molar refractivity (Wildman–Crippen MR) is 90.0 cm³/mol. The highest BCUT2D eigenvalue weighted by Gasteiger charge is 2.32. The van der Waals surface area contributed by atoms with Crippen LogP contribution < -0.4 is 10.2 Å². The summed E-state index contributed by atoms with van der Waals surface area (Å²) in [6, 6.07) is 6.28. The van der Waals surface area contributed by atoms with E-state index in [-0.39, 0.29) is 12.6 Å². The van der Waals surface area contributed by atoms with E-state index in [2.05, 4.69) is 37.1 Å². The zero-order valence-electron chi connectivity index (χ0n) is 13.3. The minimum atomic E-state index is 0.201. The van der Waals surface area contributed by atoms with Crippen LogP contribution in [0.15, 0.2) is 18.2 Å². The highest BCUT2D eigenvalue weighted by atomic mass is 35.5. The third kappa shape index (κ3) is 3.91. The summed E-state index contributed by atoms with van der Waals surface area (Å²) in [6.45, 7) is 9.55. The van der Waals surface area contributed by atoms with Crippen LogP contribution in [-0.4, -0.2) is 30.8 Å². The summed E-state index contributed by atoms with van der Waals surface area (Å²) in [5.41, 5.74) is 2.31. The van der Waals surface area contributed by atoms with Crippen molar-refractivity contribution in [1.29, 1.82) is 0 Å². The number of anilines is 1. The molecule has 1 aromatic carbocycles. The summed E-state index contributed by atoms with van der Waals surface area (Å²) in [5, 5.41) is 14.0. The van der Waals surface area contributed by atoms with Gasteiger partial charge in [0.2, 0.25) is 0 Å². The van der Waals surface area contributed by atoms with Gasteiger partial charge in [0.1, 0.15) is 0 Å². The molecule has 1 fully saturated rings. The second-order valence-electron chi connectivity index (χ2n) is 6.47. The van der Waals surface area contributed by atoms with Crippen LogP contribution in [0.25, 0.3) is 0 Å². The maximum absolute atomic E-state index is 9.69. The predicted octanol–water partition coefficient (Wildman–Crippen LogP) is 3.29. The molecule has 0 amide bonds. The molecule has 0 radical (unpaired) electrons. The number of rotatable bonds is 6. The van der Waals surface area contributed by atoms with E-state index < -0.39 is 0 Å². The van der Waals surface area contributed by atoms with E-state index in [0.717, 1.165) is 36.6 Å².